The van der Waals surface area contributed by atoms with Gasteiger partial charge in [-0.25, -0.2) is 4.39 Å². The fraction of sp³-hybridized carbons (Fsp3) is 0.190. The van der Waals surface area contributed by atoms with Crippen LogP contribution in [0.5, 0.6) is 5.75 Å². The van der Waals surface area contributed by atoms with E-state index in [0.29, 0.717) is 15.8 Å². The first-order chi connectivity index (χ1) is 14.4. The molecule has 1 saturated heterocycles. The van der Waals surface area contributed by atoms with Gasteiger partial charge in [-0.1, -0.05) is 18.2 Å². The molecule has 0 bridgehead atoms. The van der Waals surface area contributed by atoms with Crippen LogP contribution in [-0.4, -0.2) is 35.2 Å². The fourth-order valence-corrected chi connectivity index (χ4v) is 3.94. The largest absolute Gasteiger partial charge is 0.488 e. The summed E-state index contributed by atoms with van der Waals surface area (Å²) in [5.41, 5.74) is 1.50. The van der Waals surface area contributed by atoms with Crippen molar-refractivity contribution in [3.05, 3.63) is 68.8 Å². The minimum atomic E-state index is -0.633. The molecule has 2 aromatic carbocycles. The lowest BCUT2D eigenvalue weighted by Gasteiger charge is -2.11. The molecule has 1 aliphatic rings. The van der Waals surface area contributed by atoms with Crippen molar-refractivity contribution in [3.8, 4) is 5.75 Å². The maximum atomic E-state index is 13.0. The van der Waals surface area contributed by atoms with Crippen LogP contribution in [0.4, 0.5) is 9.18 Å². The molecule has 0 saturated carbocycles. The highest BCUT2D eigenvalue weighted by molar-refractivity contribution is 9.10. The Morgan fingerprint density at radius 1 is 1.20 bits per heavy atom. The molecule has 1 aliphatic heterocycles. The van der Waals surface area contributed by atoms with Crippen LogP contribution in [-0.2, 0) is 20.9 Å². The zero-order valence-electron chi connectivity index (χ0n) is 15.9. The number of nitrogens with zero attached hydrogens (tertiary/aromatic N) is 1. The summed E-state index contributed by atoms with van der Waals surface area (Å²) >= 11 is 4.20. The Kier molecular flexibility index (Phi) is 7.28. The molecular weight excluding hydrogens is 477 g/mol. The monoisotopic (exact) mass is 493 g/mol. The van der Waals surface area contributed by atoms with Crippen LogP contribution in [0.2, 0.25) is 0 Å². The van der Waals surface area contributed by atoms with Gasteiger partial charge in [0.15, 0.2) is 0 Å². The van der Waals surface area contributed by atoms with Gasteiger partial charge in [-0.05, 0) is 76.1 Å². The third-order valence-corrected chi connectivity index (χ3v) is 5.55. The van der Waals surface area contributed by atoms with Gasteiger partial charge in [0, 0.05) is 0 Å². The van der Waals surface area contributed by atoms with Gasteiger partial charge in [0.1, 0.15) is 24.7 Å². The number of carbonyl (C=O) groups excluding carboxylic acids is 3. The van der Waals surface area contributed by atoms with Crippen LogP contribution in [0.25, 0.3) is 6.08 Å². The van der Waals surface area contributed by atoms with Crippen LogP contribution in [0.15, 0.2) is 51.8 Å². The van der Waals surface area contributed by atoms with Crippen molar-refractivity contribution in [2.75, 3.05) is 13.2 Å². The highest BCUT2D eigenvalue weighted by Gasteiger charge is 2.36. The molecule has 0 unspecified atom stereocenters. The SMILES string of the molecule is CCOC(=O)CN1C(=O)S/C(=C\c2ccc(OCc3ccc(F)cc3)c(Br)c2)C1=O. The molecule has 0 spiro atoms. The van der Waals surface area contributed by atoms with Gasteiger partial charge in [0.05, 0.1) is 16.0 Å². The summed E-state index contributed by atoms with van der Waals surface area (Å²) < 4.78 is 24.2. The molecule has 0 radical (unpaired) electrons. The molecule has 1 heterocycles. The van der Waals surface area contributed by atoms with Gasteiger partial charge in [-0.3, -0.25) is 19.3 Å². The highest BCUT2D eigenvalue weighted by atomic mass is 79.9. The number of imide groups is 1. The molecule has 6 nitrogen and oxygen atoms in total. The number of thioether (sulfide) groups is 1. The minimum absolute atomic E-state index is 0.175. The number of ether oxygens (including phenoxy) is 2. The second kappa shape index (κ2) is 9.90. The van der Waals surface area contributed by atoms with Crippen LogP contribution in [0, 0.1) is 5.82 Å². The number of rotatable bonds is 7. The molecule has 0 aliphatic carbocycles. The normalized spacial score (nSPS) is 15.0. The van der Waals surface area contributed by atoms with Gasteiger partial charge >= 0.3 is 5.97 Å². The van der Waals surface area contributed by atoms with E-state index in [0.717, 1.165) is 22.2 Å². The van der Waals surface area contributed by atoms with Crippen molar-refractivity contribution in [1.82, 2.24) is 4.90 Å². The molecule has 30 heavy (non-hydrogen) atoms. The van der Waals surface area contributed by atoms with Crippen molar-refractivity contribution in [2.24, 2.45) is 0 Å². The van der Waals surface area contributed by atoms with Crippen LogP contribution >= 0.6 is 27.7 Å². The Hall–Kier alpha value is -2.65. The van der Waals surface area contributed by atoms with E-state index < -0.39 is 23.7 Å². The van der Waals surface area contributed by atoms with Crippen molar-refractivity contribution in [1.29, 1.82) is 0 Å². The van der Waals surface area contributed by atoms with Gasteiger partial charge in [0.2, 0.25) is 0 Å². The molecule has 0 aromatic heterocycles. The first kappa shape index (κ1) is 22.0. The Morgan fingerprint density at radius 3 is 2.60 bits per heavy atom. The Bertz CT molecular complexity index is 1010. The number of halogens is 2. The summed E-state index contributed by atoms with van der Waals surface area (Å²) in [6.45, 7) is 1.69. The summed E-state index contributed by atoms with van der Waals surface area (Å²) in [6, 6.07) is 11.2. The highest BCUT2D eigenvalue weighted by Crippen LogP contribution is 2.34. The molecular formula is C21H17BrFNO5S. The number of esters is 1. The van der Waals surface area contributed by atoms with Crippen LogP contribution in [0.3, 0.4) is 0 Å². The maximum absolute atomic E-state index is 13.0. The predicted octanol–water partition coefficient (Wildman–Crippen LogP) is 4.77. The van der Waals surface area contributed by atoms with Gasteiger partial charge in [-0.15, -0.1) is 0 Å². The summed E-state index contributed by atoms with van der Waals surface area (Å²) in [5.74, 6) is -0.903. The number of hydrogen-bond donors (Lipinski definition) is 0. The Balaban J connectivity index is 1.68. The molecule has 0 atom stereocenters. The summed E-state index contributed by atoms with van der Waals surface area (Å²) in [6.07, 6.45) is 1.57. The molecule has 2 aromatic rings. The minimum Gasteiger partial charge on any atom is -0.488 e. The lowest BCUT2D eigenvalue weighted by atomic mass is 10.2. The van der Waals surface area contributed by atoms with E-state index in [1.165, 1.54) is 12.1 Å². The second-order valence-corrected chi connectivity index (χ2v) is 8.03. The molecule has 9 heteroatoms. The number of carbonyl (C=O) groups is 3. The number of hydrogen-bond acceptors (Lipinski definition) is 6. The van der Waals surface area contributed by atoms with E-state index in [2.05, 4.69) is 15.9 Å². The van der Waals surface area contributed by atoms with Crippen LogP contribution < -0.4 is 4.74 Å². The lowest BCUT2D eigenvalue weighted by Crippen LogP contribution is -2.34. The predicted molar refractivity (Wildman–Crippen MR) is 114 cm³/mol. The molecule has 2 amide bonds. The third kappa shape index (κ3) is 5.48. The Labute approximate surface area is 185 Å². The summed E-state index contributed by atoms with van der Waals surface area (Å²) in [4.78, 5) is 37.2. The lowest BCUT2D eigenvalue weighted by molar-refractivity contribution is -0.145. The van der Waals surface area contributed by atoms with Crippen molar-refractivity contribution in [3.63, 3.8) is 0 Å². The summed E-state index contributed by atoms with van der Waals surface area (Å²) in [7, 11) is 0. The quantitative estimate of drug-likeness (QED) is 0.408. The number of benzene rings is 2. The molecule has 1 fully saturated rings. The average Bonchev–Trinajstić information content (AvgIpc) is 2.96. The summed E-state index contributed by atoms with van der Waals surface area (Å²) in [5, 5.41) is -0.516. The maximum Gasteiger partial charge on any atom is 0.326 e. The smallest absolute Gasteiger partial charge is 0.326 e. The van der Waals surface area contributed by atoms with E-state index >= 15 is 0 Å². The third-order valence-electron chi connectivity index (χ3n) is 4.03. The topological polar surface area (TPSA) is 72.9 Å². The zero-order chi connectivity index (χ0) is 21.7. The first-order valence-electron chi connectivity index (χ1n) is 8.95. The molecule has 3 rings (SSSR count). The number of amides is 2. The molecule has 156 valence electrons. The van der Waals surface area contributed by atoms with Gasteiger partial charge < -0.3 is 9.47 Å². The first-order valence-corrected chi connectivity index (χ1v) is 10.6. The average molecular weight is 494 g/mol. The van der Waals surface area contributed by atoms with Crippen molar-refractivity contribution >= 4 is 50.9 Å². The van der Waals surface area contributed by atoms with Crippen LogP contribution in [0.1, 0.15) is 18.1 Å². The van der Waals surface area contributed by atoms with Gasteiger partial charge in [0.25, 0.3) is 11.1 Å². The van der Waals surface area contributed by atoms with Gasteiger partial charge in [-0.2, -0.15) is 0 Å². The van der Waals surface area contributed by atoms with Crippen molar-refractivity contribution in [2.45, 2.75) is 13.5 Å². The van der Waals surface area contributed by atoms with E-state index in [-0.39, 0.29) is 23.9 Å². The molecule has 0 N–H and O–H groups in total. The fourth-order valence-electron chi connectivity index (χ4n) is 2.59. The van der Waals surface area contributed by atoms with E-state index in [4.69, 9.17) is 9.47 Å². The van der Waals surface area contributed by atoms with Crippen molar-refractivity contribution < 1.29 is 28.2 Å². The van der Waals surface area contributed by atoms with E-state index in [9.17, 15) is 18.8 Å². The zero-order valence-corrected chi connectivity index (χ0v) is 18.3. The van der Waals surface area contributed by atoms with E-state index in [1.807, 2.05) is 0 Å². The second-order valence-electron chi connectivity index (χ2n) is 6.18. The van der Waals surface area contributed by atoms with E-state index in [1.54, 1.807) is 43.3 Å². The Morgan fingerprint density at radius 2 is 1.93 bits per heavy atom. The standard InChI is InChI=1S/C21H17BrFNO5S/c1-2-28-19(25)11-24-20(26)18(30-21(24)27)10-14-5-8-17(16(22)9-14)29-12-13-3-6-15(23)7-4-13/h3-10H,2,11-12H2,1H3/b18-10-.